The van der Waals surface area contributed by atoms with Gasteiger partial charge in [0.1, 0.15) is 0 Å². The number of aryl methyl sites for hydroxylation is 1. The predicted octanol–water partition coefficient (Wildman–Crippen LogP) is 6.37. The molecule has 4 heteroatoms. The Labute approximate surface area is 167 Å². The van der Waals surface area contributed by atoms with Crippen LogP contribution < -0.4 is 0 Å². The average Bonchev–Trinajstić information content (AvgIpc) is 3.10. The molecule has 1 aromatic heterocycles. The van der Waals surface area contributed by atoms with E-state index in [1.807, 2.05) is 30.5 Å². The highest BCUT2D eigenvalue weighted by Gasteiger charge is 2.59. The Bertz CT molecular complexity index is 933. The lowest BCUT2D eigenvalue weighted by Crippen LogP contribution is -2.32. The summed E-state index contributed by atoms with van der Waals surface area (Å²) in [6, 6.07) is 10.1. The van der Waals surface area contributed by atoms with Crippen LogP contribution in [-0.4, -0.2) is 16.5 Å². The van der Waals surface area contributed by atoms with Crippen LogP contribution >= 0.6 is 11.6 Å². The molecular formula is C23H28ClN3. The zero-order chi connectivity index (χ0) is 19.4. The van der Waals surface area contributed by atoms with Gasteiger partial charge in [-0.15, -0.1) is 0 Å². The van der Waals surface area contributed by atoms with Crippen molar-refractivity contribution in [3.63, 3.8) is 0 Å². The van der Waals surface area contributed by atoms with E-state index in [-0.39, 0.29) is 5.41 Å². The SMILES string of the molecule is Cc1cc(C=NN=C2CC3CCC2(C)C3(C)C)c(C)n1-c1ccc(Cl)cc1. The maximum atomic E-state index is 6.03. The van der Waals surface area contributed by atoms with Crippen LogP contribution in [-0.2, 0) is 0 Å². The molecule has 0 radical (unpaired) electrons. The lowest BCUT2D eigenvalue weighted by Gasteiger charge is -2.34. The summed E-state index contributed by atoms with van der Waals surface area (Å²) in [5.74, 6) is 0.756. The van der Waals surface area contributed by atoms with Gasteiger partial charge in [-0.05, 0) is 74.8 Å². The third-order valence-corrected chi connectivity index (χ3v) is 7.69. The van der Waals surface area contributed by atoms with Crippen molar-refractivity contribution in [3.8, 4) is 5.69 Å². The van der Waals surface area contributed by atoms with Crippen LogP contribution in [0.15, 0.2) is 40.5 Å². The quantitative estimate of drug-likeness (QED) is 0.436. The summed E-state index contributed by atoms with van der Waals surface area (Å²) >= 11 is 6.03. The summed E-state index contributed by atoms with van der Waals surface area (Å²) in [7, 11) is 0. The number of hydrogen-bond donors (Lipinski definition) is 0. The molecule has 2 atom stereocenters. The number of aromatic nitrogens is 1. The molecule has 0 saturated heterocycles. The minimum Gasteiger partial charge on any atom is -0.318 e. The predicted molar refractivity (Wildman–Crippen MR) is 115 cm³/mol. The summed E-state index contributed by atoms with van der Waals surface area (Å²) < 4.78 is 2.23. The van der Waals surface area contributed by atoms with Crippen molar-refractivity contribution in [1.29, 1.82) is 0 Å². The highest BCUT2D eigenvalue weighted by Crippen LogP contribution is 2.63. The van der Waals surface area contributed by atoms with Crippen LogP contribution in [0.2, 0.25) is 5.02 Å². The van der Waals surface area contributed by atoms with Crippen LogP contribution in [0.1, 0.15) is 57.0 Å². The molecule has 1 heterocycles. The second-order valence-corrected chi connectivity index (χ2v) is 9.36. The summed E-state index contributed by atoms with van der Waals surface area (Å²) in [5.41, 5.74) is 6.39. The molecule has 0 amide bonds. The van der Waals surface area contributed by atoms with E-state index in [4.69, 9.17) is 16.7 Å². The molecule has 0 N–H and O–H groups in total. The number of nitrogens with zero attached hydrogens (tertiary/aromatic N) is 3. The summed E-state index contributed by atoms with van der Waals surface area (Å²) in [6.45, 7) is 11.4. The highest BCUT2D eigenvalue weighted by atomic mass is 35.5. The van der Waals surface area contributed by atoms with E-state index in [0.29, 0.717) is 5.41 Å². The van der Waals surface area contributed by atoms with Gasteiger partial charge in [0, 0.05) is 38.8 Å². The minimum absolute atomic E-state index is 0.204. The normalized spacial score (nSPS) is 27.9. The second-order valence-electron chi connectivity index (χ2n) is 8.92. The van der Waals surface area contributed by atoms with Crippen molar-refractivity contribution < 1.29 is 0 Å². The molecule has 3 nitrogen and oxygen atoms in total. The summed E-state index contributed by atoms with van der Waals surface area (Å²) in [6.07, 6.45) is 5.58. The number of hydrogen-bond acceptors (Lipinski definition) is 2. The van der Waals surface area contributed by atoms with E-state index >= 15 is 0 Å². The van der Waals surface area contributed by atoms with Gasteiger partial charge in [-0.2, -0.15) is 10.2 Å². The molecule has 2 aliphatic carbocycles. The average molecular weight is 382 g/mol. The first-order valence-corrected chi connectivity index (χ1v) is 10.2. The summed E-state index contributed by atoms with van der Waals surface area (Å²) in [5, 5.41) is 9.95. The van der Waals surface area contributed by atoms with E-state index in [9.17, 15) is 0 Å². The van der Waals surface area contributed by atoms with Gasteiger partial charge in [-0.25, -0.2) is 0 Å². The Morgan fingerprint density at radius 2 is 1.85 bits per heavy atom. The maximum absolute atomic E-state index is 6.03. The molecule has 27 heavy (non-hydrogen) atoms. The lowest BCUT2D eigenvalue weighted by molar-refractivity contribution is 0.194. The molecule has 2 aliphatic rings. The van der Waals surface area contributed by atoms with Gasteiger partial charge in [-0.3, -0.25) is 0 Å². The van der Waals surface area contributed by atoms with Gasteiger partial charge in [-0.1, -0.05) is 32.4 Å². The van der Waals surface area contributed by atoms with Crippen molar-refractivity contribution >= 4 is 23.5 Å². The smallest absolute Gasteiger partial charge is 0.0586 e. The van der Waals surface area contributed by atoms with E-state index in [1.54, 1.807) is 0 Å². The van der Waals surface area contributed by atoms with E-state index in [2.05, 4.69) is 50.4 Å². The first kappa shape index (κ1) is 18.5. The van der Waals surface area contributed by atoms with E-state index in [0.717, 1.165) is 28.6 Å². The zero-order valence-corrected chi connectivity index (χ0v) is 17.6. The van der Waals surface area contributed by atoms with Crippen LogP contribution in [0.3, 0.4) is 0 Å². The molecule has 142 valence electrons. The highest BCUT2D eigenvalue weighted by molar-refractivity contribution is 6.30. The molecule has 4 rings (SSSR count). The van der Waals surface area contributed by atoms with E-state index in [1.165, 1.54) is 29.9 Å². The fraction of sp³-hybridized carbons (Fsp3) is 0.478. The fourth-order valence-corrected chi connectivity index (χ4v) is 5.27. The topological polar surface area (TPSA) is 29.6 Å². The van der Waals surface area contributed by atoms with E-state index < -0.39 is 0 Å². The first-order chi connectivity index (χ1) is 12.7. The third kappa shape index (κ3) is 2.79. The third-order valence-electron chi connectivity index (χ3n) is 7.44. The van der Waals surface area contributed by atoms with Gasteiger partial charge >= 0.3 is 0 Å². The monoisotopic (exact) mass is 381 g/mol. The second kappa shape index (κ2) is 6.34. The van der Waals surface area contributed by atoms with Crippen LogP contribution in [0.4, 0.5) is 0 Å². The maximum Gasteiger partial charge on any atom is 0.0586 e. The van der Waals surface area contributed by atoms with Gasteiger partial charge in [0.25, 0.3) is 0 Å². The molecule has 0 spiro atoms. The van der Waals surface area contributed by atoms with Gasteiger partial charge in [0.15, 0.2) is 0 Å². The Hall–Kier alpha value is -1.87. The largest absolute Gasteiger partial charge is 0.318 e. The van der Waals surface area contributed by atoms with Crippen molar-refractivity contribution in [2.24, 2.45) is 27.0 Å². The Morgan fingerprint density at radius 3 is 2.44 bits per heavy atom. The van der Waals surface area contributed by atoms with Crippen molar-refractivity contribution in [2.75, 3.05) is 0 Å². The van der Waals surface area contributed by atoms with Crippen LogP contribution in [0.5, 0.6) is 0 Å². The van der Waals surface area contributed by atoms with Crippen molar-refractivity contribution in [2.45, 2.75) is 53.9 Å². The zero-order valence-electron chi connectivity index (χ0n) is 16.9. The van der Waals surface area contributed by atoms with Gasteiger partial charge in [0.05, 0.1) is 6.21 Å². The summed E-state index contributed by atoms with van der Waals surface area (Å²) in [4.78, 5) is 0. The van der Waals surface area contributed by atoms with Crippen molar-refractivity contribution in [3.05, 3.63) is 52.3 Å². The lowest BCUT2D eigenvalue weighted by atomic mass is 9.70. The Morgan fingerprint density at radius 1 is 1.15 bits per heavy atom. The standard InChI is InChI=1S/C23H28ClN3/c1-15-12-17(16(2)27(15)20-8-6-19(24)7-9-20)14-25-26-21-13-18-10-11-23(21,5)22(18,3)4/h6-9,12,14,18H,10-11,13H2,1-5H3. The number of benzene rings is 1. The van der Waals surface area contributed by atoms with Gasteiger partial charge < -0.3 is 4.57 Å². The van der Waals surface area contributed by atoms with Crippen LogP contribution in [0, 0.1) is 30.6 Å². The molecule has 1 aromatic carbocycles. The minimum atomic E-state index is 0.204. The molecule has 0 aliphatic heterocycles. The number of rotatable bonds is 3. The molecule has 2 bridgehead atoms. The molecular weight excluding hydrogens is 354 g/mol. The molecule has 2 fully saturated rings. The number of halogens is 1. The van der Waals surface area contributed by atoms with Gasteiger partial charge in [0.2, 0.25) is 0 Å². The van der Waals surface area contributed by atoms with Crippen molar-refractivity contribution in [1.82, 2.24) is 4.57 Å². The first-order valence-electron chi connectivity index (χ1n) is 9.79. The Kier molecular flexibility index (Phi) is 4.34. The Balaban J connectivity index is 1.61. The van der Waals surface area contributed by atoms with Crippen LogP contribution in [0.25, 0.3) is 5.69 Å². The fourth-order valence-electron chi connectivity index (χ4n) is 5.15. The molecule has 2 aromatic rings. The molecule has 2 unspecified atom stereocenters. The number of fused-ring (bicyclic) bond motifs is 2. The molecule has 2 saturated carbocycles.